The van der Waals surface area contributed by atoms with Crippen molar-refractivity contribution in [1.82, 2.24) is 0 Å². The summed E-state index contributed by atoms with van der Waals surface area (Å²) in [5, 5.41) is 20.8. The van der Waals surface area contributed by atoms with Crippen molar-refractivity contribution in [2.24, 2.45) is 17.6 Å². The third kappa shape index (κ3) is 28.2. The van der Waals surface area contributed by atoms with E-state index in [1.54, 1.807) is 18.4 Å². The van der Waals surface area contributed by atoms with E-state index < -0.39 is 32.1 Å². The summed E-state index contributed by atoms with van der Waals surface area (Å²) in [4.78, 5) is 35.1. The van der Waals surface area contributed by atoms with Crippen LogP contribution in [0.15, 0.2) is 36.6 Å². The summed E-state index contributed by atoms with van der Waals surface area (Å²) in [6, 6.07) is 0. The second-order valence-corrected chi connectivity index (χ2v) is 16.5. The third-order valence-corrected chi connectivity index (χ3v) is 11.0. The number of phosphoric acid groups is 1. The number of carbonyl (C=O) groups is 2. The van der Waals surface area contributed by atoms with E-state index in [2.05, 4.69) is 26.0 Å². The molecular formula is C43H78NO10P. The van der Waals surface area contributed by atoms with Crippen LogP contribution >= 0.6 is 7.82 Å². The number of phosphoric ester groups is 1. The number of ketones is 1. The van der Waals surface area contributed by atoms with E-state index in [1.165, 1.54) is 64.2 Å². The van der Waals surface area contributed by atoms with Gasteiger partial charge in [0, 0.05) is 25.3 Å². The van der Waals surface area contributed by atoms with Crippen LogP contribution in [0.1, 0.15) is 168 Å². The number of nitrogens with two attached hydrogens (primary N) is 1. The molecule has 0 radical (unpaired) electrons. The van der Waals surface area contributed by atoms with Crippen LogP contribution in [0.3, 0.4) is 0 Å². The van der Waals surface area contributed by atoms with E-state index in [4.69, 9.17) is 24.3 Å². The quantitative estimate of drug-likeness (QED) is 0.0155. The third-order valence-electron chi connectivity index (χ3n) is 10.0. The highest BCUT2D eigenvalue weighted by molar-refractivity contribution is 7.47. The monoisotopic (exact) mass is 800 g/mol. The van der Waals surface area contributed by atoms with Crippen LogP contribution in [0.5, 0.6) is 0 Å². The molecule has 0 aromatic carbocycles. The molecule has 1 unspecified atom stereocenters. The Morgan fingerprint density at radius 1 is 0.836 bits per heavy atom. The highest BCUT2D eigenvalue weighted by Gasteiger charge is 2.39. The van der Waals surface area contributed by atoms with Crippen LogP contribution in [0.4, 0.5) is 0 Å². The number of hydrogen-bond donors (Lipinski definition) is 4. The van der Waals surface area contributed by atoms with Crippen molar-refractivity contribution in [1.29, 1.82) is 0 Å². The Hall–Kier alpha value is -1.85. The number of esters is 1. The minimum atomic E-state index is -4.36. The highest BCUT2D eigenvalue weighted by atomic mass is 31.2. The van der Waals surface area contributed by atoms with Crippen molar-refractivity contribution in [3.05, 3.63) is 36.6 Å². The molecule has 0 spiro atoms. The molecule has 0 heterocycles. The molecule has 0 amide bonds. The number of aliphatic hydroxyl groups excluding tert-OH is 2. The lowest BCUT2D eigenvalue weighted by Gasteiger charge is -2.19. The molecule has 6 atom stereocenters. The Balaban J connectivity index is 2.36. The first-order chi connectivity index (χ1) is 26.6. The minimum Gasteiger partial charge on any atom is -0.498 e. The predicted octanol–water partition coefficient (Wildman–Crippen LogP) is 9.57. The maximum Gasteiger partial charge on any atom is 0.472 e. The van der Waals surface area contributed by atoms with Crippen molar-refractivity contribution in [3.63, 3.8) is 0 Å². The molecular weight excluding hydrogens is 721 g/mol. The molecule has 11 nitrogen and oxygen atoms in total. The fraction of sp³-hybridized carbons (Fsp3) is 0.814. The molecule has 12 heteroatoms. The maximum absolute atomic E-state index is 12.7. The van der Waals surface area contributed by atoms with Gasteiger partial charge in [-0.1, -0.05) is 122 Å². The van der Waals surface area contributed by atoms with Gasteiger partial charge in [0.25, 0.3) is 0 Å². The maximum atomic E-state index is 12.7. The van der Waals surface area contributed by atoms with Crippen LogP contribution in [-0.2, 0) is 32.7 Å². The van der Waals surface area contributed by atoms with Crippen LogP contribution in [0, 0.1) is 11.8 Å². The van der Waals surface area contributed by atoms with Gasteiger partial charge in [0.05, 0.1) is 31.7 Å². The molecule has 320 valence electrons. The van der Waals surface area contributed by atoms with Gasteiger partial charge in [0.15, 0.2) is 6.10 Å². The van der Waals surface area contributed by atoms with Crippen molar-refractivity contribution in [2.75, 3.05) is 26.4 Å². The van der Waals surface area contributed by atoms with Gasteiger partial charge in [0.1, 0.15) is 12.4 Å². The lowest BCUT2D eigenvalue weighted by Crippen LogP contribution is -2.27. The zero-order chi connectivity index (χ0) is 40.4. The second kappa shape index (κ2) is 34.2. The van der Waals surface area contributed by atoms with Crippen LogP contribution in [0.25, 0.3) is 0 Å². The fourth-order valence-electron chi connectivity index (χ4n) is 6.74. The zero-order valence-electron chi connectivity index (χ0n) is 34.4. The molecule has 0 saturated heterocycles. The summed E-state index contributed by atoms with van der Waals surface area (Å²) in [7, 11) is -4.36. The highest BCUT2D eigenvalue weighted by Crippen LogP contribution is 2.43. The molecule has 1 aliphatic rings. The molecule has 0 aromatic rings. The van der Waals surface area contributed by atoms with Gasteiger partial charge in [-0.25, -0.2) is 4.57 Å². The number of ether oxygens (including phenoxy) is 2. The van der Waals surface area contributed by atoms with Crippen LogP contribution in [0.2, 0.25) is 0 Å². The van der Waals surface area contributed by atoms with Gasteiger partial charge in [-0.05, 0) is 69.8 Å². The number of hydrogen-bond acceptors (Lipinski definition) is 10. The number of aliphatic hydroxyl groups is 2. The molecule has 55 heavy (non-hydrogen) atoms. The summed E-state index contributed by atoms with van der Waals surface area (Å²) >= 11 is 0. The molecule has 0 aliphatic heterocycles. The van der Waals surface area contributed by atoms with E-state index in [9.17, 15) is 29.3 Å². The predicted molar refractivity (Wildman–Crippen MR) is 220 cm³/mol. The van der Waals surface area contributed by atoms with Gasteiger partial charge in [0.2, 0.25) is 0 Å². The first kappa shape index (κ1) is 51.2. The van der Waals surface area contributed by atoms with Crippen molar-refractivity contribution in [3.8, 4) is 0 Å². The van der Waals surface area contributed by atoms with E-state index in [0.29, 0.717) is 19.3 Å². The smallest absolute Gasteiger partial charge is 0.472 e. The van der Waals surface area contributed by atoms with Crippen LogP contribution in [-0.4, -0.2) is 71.5 Å². The summed E-state index contributed by atoms with van der Waals surface area (Å²) in [5.41, 5.74) is 5.36. The van der Waals surface area contributed by atoms with Gasteiger partial charge >= 0.3 is 13.8 Å². The van der Waals surface area contributed by atoms with E-state index in [0.717, 1.165) is 57.8 Å². The number of carbonyl (C=O) groups excluding carboxylic acids is 2. The molecule has 0 aromatic heterocycles. The van der Waals surface area contributed by atoms with Gasteiger partial charge in [-0.15, -0.1) is 0 Å². The van der Waals surface area contributed by atoms with Gasteiger partial charge in [-0.3, -0.25) is 18.6 Å². The molecule has 1 aliphatic carbocycles. The lowest BCUT2D eigenvalue weighted by atomic mass is 9.88. The average Bonchev–Trinajstić information content (AvgIpc) is 3.43. The lowest BCUT2D eigenvalue weighted by molar-refractivity contribution is -0.153. The van der Waals surface area contributed by atoms with Crippen molar-refractivity contribution >= 4 is 19.6 Å². The van der Waals surface area contributed by atoms with Crippen LogP contribution < -0.4 is 5.73 Å². The van der Waals surface area contributed by atoms with Crippen molar-refractivity contribution in [2.45, 2.75) is 186 Å². The summed E-state index contributed by atoms with van der Waals surface area (Å²) in [6.45, 7) is 3.84. The second-order valence-electron chi connectivity index (χ2n) is 15.1. The number of Topliss-reactive ketones (excluding diaryl/α,β-unsaturated/α-hetero) is 1. The SMILES string of the molecule is CCCCCC/C=C\CCCCCCCC/C=C/OC[C@H](COP(=O)(O)OCCN)OC(=O)CCCCCC[C@H]1[C@@H](O)CC(=O)[C@@H]1/C=C/[C@@H](O)CCCCC. The summed E-state index contributed by atoms with van der Waals surface area (Å²) in [6.07, 6.45) is 32.9. The Bertz CT molecular complexity index is 1100. The first-order valence-corrected chi connectivity index (χ1v) is 23.1. The summed E-state index contributed by atoms with van der Waals surface area (Å²) < 4.78 is 33.2. The molecule has 0 bridgehead atoms. The molecule has 5 N–H and O–H groups in total. The Kier molecular flexibility index (Phi) is 31.8. The number of unbranched alkanes of at least 4 members (excludes halogenated alkanes) is 16. The normalized spacial score (nSPS) is 19.8. The fourth-order valence-corrected chi connectivity index (χ4v) is 7.51. The average molecular weight is 800 g/mol. The topological polar surface area (TPSA) is 175 Å². The summed E-state index contributed by atoms with van der Waals surface area (Å²) in [5.74, 6) is -0.990. The van der Waals surface area contributed by atoms with Gasteiger partial charge < -0.3 is 30.3 Å². The number of rotatable bonds is 37. The molecule has 1 rings (SSSR count). The van der Waals surface area contributed by atoms with E-state index in [1.807, 2.05) is 6.08 Å². The minimum absolute atomic E-state index is 0.0158. The van der Waals surface area contributed by atoms with Crippen molar-refractivity contribution < 1.29 is 47.8 Å². The zero-order valence-corrected chi connectivity index (χ0v) is 35.3. The standard InChI is InChI=1S/C43H78NO10P/c1-3-5-7-8-9-10-11-12-13-14-15-16-17-18-21-25-32-51-35-38(36-53-55(49,50)52-33-31-44)54-43(48)28-24-20-19-23-27-39-40(42(47)34-41(39)46)30-29-37(45)26-22-6-4-2/h10-11,25,29-30,32,37-41,45-46H,3-9,12-24,26-28,31,33-36,44H2,1-2H3,(H,49,50)/b11-10-,30-29+,32-25+/t37-,38+,39+,40+,41-/m0/s1. The number of allylic oxidation sites excluding steroid dienone is 4. The van der Waals surface area contributed by atoms with E-state index >= 15 is 0 Å². The Morgan fingerprint density at radius 3 is 2.11 bits per heavy atom. The van der Waals surface area contributed by atoms with Gasteiger partial charge in [-0.2, -0.15) is 0 Å². The van der Waals surface area contributed by atoms with E-state index in [-0.39, 0.29) is 56.8 Å². The molecule has 1 fully saturated rings. The molecule has 1 saturated carbocycles. The Morgan fingerprint density at radius 2 is 1.44 bits per heavy atom. The largest absolute Gasteiger partial charge is 0.498 e. The Labute approximate surface area is 333 Å². The first-order valence-electron chi connectivity index (χ1n) is 21.6.